The maximum Gasteiger partial charge on any atom is 0.0525 e. The van der Waals surface area contributed by atoms with Gasteiger partial charge in [0.2, 0.25) is 0 Å². The van der Waals surface area contributed by atoms with Gasteiger partial charge in [0.15, 0.2) is 0 Å². The summed E-state index contributed by atoms with van der Waals surface area (Å²) in [6.07, 6.45) is 4.03. The summed E-state index contributed by atoms with van der Waals surface area (Å²) in [5.41, 5.74) is 3.85. The molecule has 2 rings (SSSR count). The van der Waals surface area contributed by atoms with Crippen LogP contribution in [0.4, 0.5) is 0 Å². The van der Waals surface area contributed by atoms with Gasteiger partial charge in [-0.05, 0) is 23.0 Å². The summed E-state index contributed by atoms with van der Waals surface area (Å²) < 4.78 is 0. The smallest absolute Gasteiger partial charge is 0.0525 e. The lowest BCUT2D eigenvalue weighted by Gasteiger charge is -2.20. The molecule has 2 heteroatoms. The molecule has 0 atom stereocenters. The Kier molecular flexibility index (Phi) is 2.53. The summed E-state index contributed by atoms with van der Waals surface area (Å²) in [5.74, 6) is 0.465. The molecule has 0 fully saturated rings. The fourth-order valence-electron chi connectivity index (χ4n) is 2.10. The predicted octanol–water partition coefficient (Wildman–Crippen LogP) is 3.98. The molecule has 0 unspecified atom stereocenters. The molecule has 2 aromatic heterocycles. The molecule has 0 bridgehead atoms. The van der Waals surface area contributed by atoms with Gasteiger partial charge in [-0.15, -0.1) is 0 Å². The van der Waals surface area contributed by atoms with Crippen LogP contribution in [0.5, 0.6) is 0 Å². The molecule has 0 aliphatic rings. The zero-order valence-corrected chi connectivity index (χ0v) is 10.8. The van der Waals surface area contributed by atoms with Crippen LogP contribution >= 0.6 is 0 Å². The van der Waals surface area contributed by atoms with Crippen molar-refractivity contribution < 1.29 is 0 Å². The van der Waals surface area contributed by atoms with Crippen molar-refractivity contribution in [3.8, 4) is 0 Å². The molecule has 0 amide bonds. The third-order valence-corrected chi connectivity index (χ3v) is 2.98. The lowest BCUT2D eigenvalue weighted by atomic mass is 9.86. The zero-order chi connectivity index (χ0) is 11.9. The molecule has 0 aliphatic carbocycles. The highest BCUT2D eigenvalue weighted by Gasteiger charge is 2.20. The van der Waals surface area contributed by atoms with E-state index in [-0.39, 0.29) is 5.41 Å². The van der Waals surface area contributed by atoms with E-state index in [9.17, 15) is 0 Å². The number of H-pyrrole nitrogens is 1. The van der Waals surface area contributed by atoms with Crippen LogP contribution in [0.2, 0.25) is 0 Å². The number of fused-ring (bicyclic) bond motifs is 1. The maximum atomic E-state index is 4.63. The minimum absolute atomic E-state index is 0.131. The third kappa shape index (κ3) is 1.73. The van der Waals surface area contributed by atoms with E-state index >= 15 is 0 Å². The zero-order valence-electron chi connectivity index (χ0n) is 10.8. The van der Waals surface area contributed by atoms with Gasteiger partial charge < -0.3 is 4.98 Å². The summed E-state index contributed by atoms with van der Waals surface area (Å²) in [6.45, 7) is 11.0. The summed E-state index contributed by atoms with van der Waals surface area (Å²) in [6, 6.07) is 2.13. The number of aromatic nitrogens is 2. The van der Waals surface area contributed by atoms with Crippen LogP contribution in [-0.4, -0.2) is 9.97 Å². The van der Waals surface area contributed by atoms with Crippen molar-refractivity contribution in [1.29, 1.82) is 0 Å². The second-order valence-electron chi connectivity index (χ2n) is 5.73. The summed E-state index contributed by atoms with van der Waals surface area (Å²) in [7, 11) is 0. The summed E-state index contributed by atoms with van der Waals surface area (Å²) >= 11 is 0. The van der Waals surface area contributed by atoms with Crippen LogP contribution in [0.3, 0.4) is 0 Å². The van der Waals surface area contributed by atoms with Gasteiger partial charge >= 0.3 is 0 Å². The minimum atomic E-state index is 0.131. The number of hydrogen-bond donors (Lipinski definition) is 1. The third-order valence-electron chi connectivity index (χ3n) is 2.98. The Morgan fingerprint density at radius 2 is 1.94 bits per heavy atom. The highest BCUT2D eigenvalue weighted by atomic mass is 14.7. The van der Waals surface area contributed by atoms with Gasteiger partial charge in [0.25, 0.3) is 0 Å². The van der Waals surface area contributed by atoms with E-state index in [0.717, 1.165) is 0 Å². The highest BCUT2D eigenvalue weighted by Crippen LogP contribution is 2.31. The van der Waals surface area contributed by atoms with E-state index in [0.29, 0.717) is 5.92 Å². The Morgan fingerprint density at radius 3 is 2.50 bits per heavy atom. The van der Waals surface area contributed by atoms with E-state index in [1.807, 2.05) is 12.4 Å². The van der Waals surface area contributed by atoms with Crippen molar-refractivity contribution >= 4 is 10.9 Å². The van der Waals surface area contributed by atoms with E-state index in [2.05, 4.69) is 50.7 Å². The molecule has 0 saturated heterocycles. The number of nitrogens with one attached hydrogen (secondary N) is 1. The number of hydrogen-bond acceptors (Lipinski definition) is 1. The molecule has 1 N–H and O–H groups in total. The standard InChI is InChI=1S/C14H20N2/c1-9(2)12-10-6-7-15-13(10)11(8-16-12)14(3,4)5/h6-9,15H,1-5H3. The second kappa shape index (κ2) is 3.62. The first-order valence-corrected chi connectivity index (χ1v) is 5.87. The van der Waals surface area contributed by atoms with Crippen LogP contribution in [0.25, 0.3) is 10.9 Å². The molecule has 2 heterocycles. The van der Waals surface area contributed by atoms with E-state index in [1.54, 1.807) is 0 Å². The van der Waals surface area contributed by atoms with Gasteiger partial charge in [0.1, 0.15) is 0 Å². The first-order chi connectivity index (χ1) is 7.41. The van der Waals surface area contributed by atoms with Gasteiger partial charge in [0, 0.05) is 17.8 Å². The Bertz CT molecular complexity index is 501. The Balaban J connectivity index is 2.74. The molecule has 86 valence electrons. The van der Waals surface area contributed by atoms with Crippen molar-refractivity contribution in [2.24, 2.45) is 0 Å². The molecule has 16 heavy (non-hydrogen) atoms. The molecule has 0 radical (unpaired) electrons. The highest BCUT2D eigenvalue weighted by molar-refractivity contribution is 5.85. The fraction of sp³-hybridized carbons (Fsp3) is 0.500. The maximum absolute atomic E-state index is 4.63. The summed E-state index contributed by atoms with van der Waals surface area (Å²) in [5, 5.41) is 1.27. The fourth-order valence-corrected chi connectivity index (χ4v) is 2.10. The average Bonchev–Trinajstić information content (AvgIpc) is 2.61. The number of nitrogens with zero attached hydrogens (tertiary/aromatic N) is 1. The predicted molar refractivity (Wildman–Crippen MR) is 68.9 cm³/mol. The van der Waals surface area contributed by atoms with Crippen molar-refractivity contribution in [2.75, 3.05) is 0 Å². The second-order valence-corrected chi connectivity index (χ2v) is 5.73. The van der Waals surface area contributed by atoms with Gasteiger partial charge in [-0.25, -0.2) is 0 Å². The summed E-state index contributed by atoms with van der Waals surface area (Å²) in [4.78, 5) is 7.98. The van der Waals surface area contributed by atoms with Crippen molar-refractivity contribution in [3.63, 3.8) is 0 Å². The Labute approximate surface area is 97.1 Å². The molecular weight excluding hydrogens is 196 g/mol. The van der Waals surface area contributed by atoms with Crippen molar-refractivity contribution in [3.05, 3.63) is 29.7 Å². The lowest BCUT2D eigenvalue weighted by Crippen LogP contribution is -2.13. The SMILES string of the molecule is CC(C)c1ncc(C(C)(C)C)c2[nH]ccc12. The monoisotopic (exact) mass is 216 g/mol. The normalized spacial score (nSPS) is 12.6. The van der Waals surface area contributed by atoms with Crippen LogP contribution < -0.4 is 0 Å². The minimum Gasteiger partial charge on any atom is -0.361 e. The van der Waals surface area contributed by atoms with Gasteiger partial charge in [-0.2, -0.15) is 0 Å². The molecule has 2 aromatic rings. The van der Waals surface area contributed by atoms with Crippen molar-refractivity contribution in [2.45, 2.75) is 46.0 Å². The molecule has 0 spiro atoms. The van der Waals surface area contributed by atoms with Crippen LogP contribution in [-0.2, 0) is 5.41 Å². The number of rotatable bonds is 1. The van der Waals surface area contributed by atoms with Gasteiger partial charge in [-0.1, -0.05) is 34.6 Å². The average molecular weight is 216 g/mol. The largest absolute Gasteiger partial charge is 0.361 e. The van der Waals surface area contributed by atoms with Crippen LogP contribution in [0.1, 0.15) is 51.8 Å². The lowest BCUT2D eigenvalue weighted by molar-refractivity contribution is 0.591. The topological polar surface area (TPSA) is 28.7 Å². The molecule has 0 saturated carbocycles. The molecule has 2 nitrogen and oxygen atoms in total. The van der Waals surface area contributed by atoms with Crippen LogP contribution in [0.15, 0.2) is 18.5 Å². The molecule has 0 aromatic carbocycles. The first-order valence-electron chi connectivity index (χ1n) is 5.87. The number of pyridine rings is 1. The first kappa shape index (κ1) is 11.2. The Hall–Kier alpha value is -1.31. The molecule has 0 aliphatic heterocycles. The van der Waals surface area contributed by atoms with Crippen molar-refractivity contribution in [1.82, 2.24) is 9.97 Å². The van der Waals surface area contributed by atoms with Gasteiger partial charge in [-0.3, -0.25) is 4.98 Å². The van der Waals surface area contributed by atoms with Crippen LogP contribution in [0, 0.1) is 0 Å². The van der Waals surface area contributed by atoms with E-state index in [1.165, 1.54) is 22.2 Å². The molecular formula is C14H20N2. The quantitative estimate of drug-likeness (QED) is 0.767. The number of aromatic amines is 1. The van der Waals surface area contributed by atoms with E-state index in [4.69, 9.17) is 0 Å². The van der Waals surface area contributed by atoms with Gasteiger partial charge in [0.05, 0.1) is 11.2 Å². The Morgan fingerprint density at radius 1 is 1.25 bits per heavy atom. The van der Waals surface area contributed by atoms with E-state index < -0.39 is 0 Å².